The first-order valence-electron chi connectivity index (χ1n) is 6.29. The van der Waals surface area contributed by atoms with Crippen LogP contribution in [-0.2, 0) is 13.0 Å². The normalized spacial score (nSPS) is 25.5. The first-order chi connectivity index (χ1) is 7.66. The summed E-state index contributed by atoms with van der Waals surface area (Å²) < 4.78 is 2.04. The molecule has 2 N–H and O–H groups in total. The van der Waals surface area contributed by atoms with E-state index in [9.17, 15) is 0 Å². The van der Waals surface area contributed by atoms with Gasteiger partial charge in [-0.2, -0.15) is 5.10 Å². The molecular formula is C12H22N4. The van der Waals surface area contributed by atoms with E-state index in [2.05, 4.69) is 23.9 Å². The molecule has 1 fully saturated rings. The summed E-state index contributed by atoms with van der Waals surface area (Å²) in [6.07, 6.45) is 6.34. The molecule has 0 aromatic carbocycles. The molecule has 2 unspecified atom stereocenters. The van der Waals surface area contributed by atoms with E-state index < -0.39 is 0 Å². The van der Waals surface area contributed by atoms with Gasteiger partial charge in [0.05, 0.1) is 0 Å². The van der Waals surface area contributed by atoms with Gasteiger partial charge in [0.1, 0.15) is 12.2 Å². The highest BCUT2D eigenvalue weighted by Gasteiger charge is 2.25. The van der Waals surface area contributed by atoms with Crippen molar-refractivity contribution < 1.29 is 0 Å². The highest BCUT2D eigenvalue weighted by atomic mass is 15.3. The molecule has 1 heterocycles. The maximum Gasteiger partial charge on any atom is 0.138 e. The second-order valence-electron chi connectivity index (χ2n) is 5.31. The number of aromatic nitrogens is 3. The second kappa shape index (κ2) is 4.95. The zero-order valence-electron chi connectivity index (χ0n) is 10.3. The molecule has 0 saturated heterocycles. The molecule has 0 spiro atoms. The number of rotatable bonds is 4. The van der Waals surface area contributed by atoms with Gasteiger partial charge in [-0.05, 0) is 24.7 Å². The predicted octanol–water partition coefficient (Wildman–Crippen LogP) is 1.60. The second-order valence-corrected chi connectivity index (χ2v) is 5.31. The average Bonchev–Trinajstić information content (AvgIpc) is 2.78. The quantitative estimate of drug-likeness (QED) is 0.842. The summed E-state index contributed by atoms with van der Waals surface area (Å²) in [7, 11) is 0. The van der Waals surface area contributed by atoms with Gasteiger partial charge in [0, 0.05) is 19.0 Å². The smallest absolute Gasteiger partial charge is 0.138 e. The van der Waals surface area contributed by atoms with E-state index in [1.165, 1.54) is 19.3 Å². The minimum atomic E-state index is 0.365. The summed E-state index contributed by atoms with van der Waals surface area (Å²) in [6.45, 7) is 5.36. The third-order valence-electron chi connectivity index (χ3n) is 3.40. The maximum atomic E-state index is 6.09. The Balaban J connectivity index is 2.00. The van der Waals surface area contributed by atoms with Gasteiger partial charge in [0.25, 0.3) is 0 Å². The lowest BCUT2D eigenvalue weighted by molar-refractivity contribution is 0.422. The van der Waals surface area contributed by atoms with Gasteiger partial charge in [-0.15, -0.1) is 0 Å². The largest absolute Gasteiger partial charge is 0.327 e. The fourth-order valence-corrected chi connectivity index (χ4v) is 2.50. The lowest BCUT2D eigenvalue weighted by Gasteiger charge is -2.15. The Labute approximate surface area is 97.2 Å². The Kier molecular flexibility index (Phi) is 3.59. The third-order valence-corrected chi connectivity index (χ3v) is 3.40. The molecule has 0 bridgehead atoms. The van der Waals surface area contributed by atoms with E-state index in [1.54, 1.807) is 6.33 Å². The molecule has 2 rings (SSSR count). The lowest BCUT2D eigenvalue weighted by Crippen LogP contribution is -2.27. The van der Waals surface area contributed by atoms with E-state index >= 15 is 0 Å². The summed E-state index contributed by atoms with van der Waals surface area (Å²) in [5, 5.41) is 4.29. The molecule has 1 aliphatic rings. The van der Waals surface area contributed by atoms with Crippen molar-refractivity contribution in [3.63, 3.8) is 0 Å². The molecule has 1 aromatic rings. The zero-order chi connectivity index (χ0) is 11.5. The topological polar surface area (TPSA) is 56.7 Å². The molecule has 1 aliphatic carbocycles. The van der Waals surface area contributed by atoms with Crippen molar-refractivity contribution in [3.05, 3.63) is 12.2 Å². The number of hydrogen-bond acceptors (Lipinski definition) is 3. The monoisotopic (exact) mass is 222 g/mol. The maximum absolute atomic E-state index is 6.09. The van der Waals surface area contributed by atoms with Crippen LogP contribution in [0.25, 0.3) is 0 Å². The lowest BCUT2D eigenvalue weighted by atomic mass is 10.00. The first kappa shape index (κ1) is 11.6. The first-order valence-corrected chi connectivity index (χ1v) is 6.29. The number of nitrogens with two attached hydrogens (primary N) is 1. The SMILES string of the molecule is CC(C)Cn1ncnc1CC1CCCC1N. The molecule has 0 radical (unpaired) electrons. The molecule has 1 aromatic heterocycles. The van der Waals surface area contributed by atoms with Crippen LogP contribution in [0.4, 0.5) is 0 Å². The van der Waals surface area contributed by atoms with Crippen LogP contribution >= 0.6 is 0 Å². The van der Waals surface area contributed by atoms with Crippen LogP contribution in [0.15, 0.2) is 6.33 Å². The summed E-state index contributed by atoms with van der Waals surface area (Å²) in [4.78, 5) is 4.36. The van der Waals surface area contributed by atoms with Gasteiger partial charge in [-0.1, -0.05) is 20.3 Å². The van der Waals surface area contributed by atoms with Crippen molar-refractivity contribution in [3.8, 4) is 0 Å². The van der Waals surface area contributed by atoms with Crippen LogP contribution in [0.3, 0.4) is 0 Å². The van der Waals surface area contributed by atoms with Crippen molar-refractivity contribution in [2.24, 2.45) is 17.6 Å². The van der Waals surface area contributed by atoms with Crippen molar-refractivity contribution in [2.45, 2.75) is 52.1 Å². The molecule has 2 atom stereocenters. The molecule has 4 nitrogen and oxygen atoms in total. The van der Waals surface area contributed by atoms with Crippen LogP contribution in [0.2, 0.25) is 0 Å². The van der Waals surface area contributed by atoms with E-state index in [4.69, 9.17) is 5.73 Å². The van der Waals surface area contributed by atoms with Crippen LogP contribution in [-0.4, -0.2) is 20.8 Å². The van der Waals surface area contributed by atoms with Crippen LogP contribution in [0.5, 0.6) is 0 Å². The Morgan fingerprint density at radius 2 is 2.31 bits per heavy atom. The predicted molar refractivity (Wildman–Crippen MR) is 63.9 cm³/mol. The van der Waals surface area contributed by atoms with Crippen molar-refractivity contribution in [2.75, 3.05) is 0 Å². The highest BCUT2D eigenvalue weighted by molar-refractivity contribution is 4.92. The van der Waals surface area contributed by atoms with Gasteiger partial charge in [-0.3, -0.25) is 0 Å². The number of hydrogen-bond donors (Lipinski definition) is 1. The summed E-state index contributed by atoms with van der Waals surface area (Å²) in [5.41, 5.74) is 6.09. The Hall–Kier alpha value is -0.900. The molecule has 0 aliphatic heterocycles. The summed E-state index contributed by atoms with van der Waals surface area (Å²) >= 11 is 0. The highest BCUT2D eigenvalue weighted by Crippen LogP contribution is 2.26. The molecule has 4 heteroatoms. The van der Waals surface area contributed by atoms with E-state index in [-0.39, 0.29) is 0 Å². The number of nitrogens with zero attached hydrogens (tertiary/aromatic N) is 3. The van der Waals surface area contributed by atoms with E-state index in [0.29, 0.717) is 17.9 Å². The fourth-order valence-electron chi connectivity index (χ4n) is 2.50. The Morgan fingerprint density at radius 3 is 2.94 bits per heavy atom. The van der Waals surface area contributed by atoms with Gasteiger partial charge in [-0.25, -0.2) is 9.67 Å². The standard InChI is InChI=1S/C12H22N4/c1-9(2)7-16-12(14-8-15-16)6-10-4-3-5-11(10)13/h8-11H,3-7,13H2,1-2H3. The van der Waals surface area contributed by atoms with E-state index in [0.717, 1.165) is 18.8 Å². The van der Waals surface area contributed by atoms with Gasteiger partial charge < -0.3 is 5.73 Å². The van der Waals surface area contributed by atoms with E-state index in [1.807, 2.05) is 4.68 Å². The van der Waals surface area contributed by atoms with Crippen molar-refractivity contribution in [1.82, 2.24) is 14.8 Å². The minimum Gasteiger partial charge on any atom is -0.327 e. The fraction of sp³-hybridized carbons (Fsp3) is 0.833. The zero-order valence-corrected chi connectivity index (χ0v) is 10.3. The summed E-state index contributed by atoms with van der Waals surface area (Å²) in [5.74, 6) is 2.32. The Morgan fingerprint density at radius 1 is 1.50 bits per heavy atom. The van der Waals surface area contributed by atoms with Crippen molar-refractivity contribution >= 4 is 0 Å². The molecule has 90 valence electrons. The van der Waals surface area contributed by atoms with Crippen LogP contribution in [0, 0.1) is 11.8 Å². The van der Waals surface area contributed by atoms with Crippen LogP contribution in [0.1, 0.15) is 38.9 Å². The summed E-state index contributed by atoms with van der Waals surface area (Å²) in [6, 6.07) is 0.365. The van der Waals surface area contributed by atoms with Gasteiger partial charge in [0.2, 0.25) is 0 Å². The average molecular weight is 222 g/mol. The minimum absolute atomic E-state index is 0.365. The molecule has 0 amide bonds. The van der Waals surface area contributed by atoms with Gasteiger partial charge >= 0.3 is 0 Å². The third kappa shape index (κ3) is 2.61. The van der Waals surface area contributed by atoms with Crippen LogP contribution < -0.4 is 5.73 Å². The van der Waals surface area contributed by atoms with Crippen molar-refractivity contribution in [1.29, 1.82) is 0 Å². The molecule has 16 heavy (non-hydrogen) atoms. The van der Waals surface area contributed by atoms with Gasteiger partial charge in [0.15, 0.2) is 0 Å². The molecular weight excluding hydrogens is 200 g/mol. The molecule has 1 saturated carbocycles. The Bertz CT molecular complexity index is 332.